The fourth-order valence-corrected chi connectivity index (χ4v) is 2.90. The van der Waals surface area contributed by atoms with Crippen molar-refractivity contribution in [1.82, 2.24) is 4.98 Å². The van der Waals surface area contributed by atoms with Crippen LogP contribution in [0.3, 0.4) is 0 Å². The number of rotatable bonds is 2. The third kappa shape index (κ3) is 2.76. The van der Waals surface area contributed by atoms with Gasteiger partial charge in [0.1, 0.15) is 0 Å². The second-order valence-corrected chi connectivity index (χ2v) is 6.52. The Kier molecular flexibility index (Phi) is 3.87. The molecule has 0 fully saturated rings. The van der Waals surface area contributed by atoms with Crippen LogP contribution in [0.4, 0.5) is 17.1 Å². The number of pyridine rings is 1. The maximum atomic E-state index is 6.04. The number of nitrogens with zero attached hydrogens (tertiary/aromatic N) is 1. The van der Waals surface area contributed by atoms with E-state index < -0.39 is 0 Å². The van der Waals surface area contributed by atoms with Gasteiger partial charge in [0, 0.05) is 26.2 Å². The van der Waals surface area contributed by atoms with Gasteiger partial charge in [-0.05, 0) is 68.6 Å². The first-order valence-corrected chi connectivity index (χ1v) is 8.01. The van der Waals surface area contributed by atoms with Gasteiger partial charge < -0.3 is 11.1 Å². The molecule has 3 rings (SSSR count). The molecular weight excluding hydrogens is 394 g/mol. The lowest BCUT2D eigenvalue weighted by atomic mass is 10.1. The number of aromatic nitrogens is 1. The van der Waals surface area contributed by atoms with Gasteiger partial charge in [0.2, 0.25) is 0 Å². The van der Waals surface area contributed by atoms with Crippen LogP contribution >= 0.6 is 31.9 Å². The Morgan fingerprint density at radius 3 is 2.71 bits per heavy atom. The molecule has 0 amide bonds. The van der Waals surface area contributed by atoms with Gasteiger partial charge in [-0.2, -0.15) is 0 Å². The highest BCUT2D eigenvalue weighted by Gasteiger charge is 2.09. The number of benzene rings is 2. The minimum absolute atomic E-state index is 0.715. The molecule has 3 aromatic rings. The molecule has 0 spiro atoms. The van der Waals surface area contributed by atoms with Crippen LogP contribution in [0.1, 0.15) is 5.56 Å². The number of hydrogen-bond acceptors (Lipinski definition) is 3. The lowest BCUT2D eigenvalue weighted by Gasteiger charge is -2.13. The van der Waals surface area contributed by atoms with E-state index in [9.17, 15) is 0 Å². The van der Waals surface area contributed by atoms with Gasteiger partial charge in [-0.1, -0.05) is 12.1 Å². The van der Waals surface area contributed by atoms with Crippen LogP contribution in [0.5, 0.6) is 0 Å². The first kappa shape index (κ1) is 14.4. The molecule has 0 saturated carbocycles. The van der Waals surface area contributed by atoms with Crippen LogP contribution in [-0.4, -0.2) is 4.98 Å². The maximum absolute atomic E-state index is 6.04. The van der Waals surface area contributed by atoms with Gasteiger partial charge in [-0.15, -0.1) is 0 Å². The lowest BCUT2D eigenvalue weighted by Crippen LogP contribution is -1.97. The first-order valence-electron chi connectivity index (χ1n) is 6.42. The molecule has 0 aliphatic carbocycles. The second kappa shape index (κ2) is 5.66. The lowest BCUT2D eigenvalue weighted by molar-refractivity contribution is 1.37. The molecule has 0 saturated heterocycles. The predicted octanol–water partition coefficient (Wildman–Crippen LogP) is 5.39. The van der Waals surface area contributed by atoms with Crippen molar-refractivity contribution in [3.8, 4) is 0 Å². The van der Waals surface area contributed by atoms with Crippen molar-refractivity contribution in [1.29, 1.82) is 0 Å². The molecular formula is C16H13Br2N3. The molecule has 1 heterocycles. The number of anilines is 3. The average molecular weight is 407 g/mol. The summed E-state index contributed by atoms with van der Waals surface area (Å²) in [4.78, 5) is 4.49. The van der Waals surface area contributed by atoms with Gasteiger partial charge in [0.25, 0.3) is 0 Å². The zero-order valence-electron chi connectivity index (χ0n) is 11.3. The van der Waals surface area contributed by atoms with Crippen molar-refractivity contribution >= 4 is 59.8 Å². The smallest absolute Gasteiger partial charge is 0.0958 e. The van der Waals surface area contributed by atoms with Crippen molar-refractivity contribution in [3.63, 3.8) is 0 Å². The zero-order chi connectivity index (χ0) is 15.0. The average Bonchev–Trinajstić information content (AvgIpc) is 2.47. The SMILES string of the molecule is Cc1cccc(Nc2ccc(N)c3cc(Br)cnc23)c1Br. The van der Waals surface area contributed by atoms with Crippen LogP contribution in [-0.2, 0) is 0 Å². The second-order valence-electron chi connectivity index (χ2n) is 4.81. The minimum Gasteiger partial charge on any atom is -0.398 e. The molecule has 1 aromatic heterocycles. The highest BCUT2D eigenvalue weighted by atomic mass is 79.9. The molecule has 0 radical (unpaired) electrons. The normalized spacial score (nSPS) is 10.8. The molecule has 0 aliphatic heterocycles. The Labute approximate surface area is 139 Å². The summed E-state index contributed by atoms with van der Waals surface area (Å²) < 4.78 is 1.96. The van der Waals surface area contributed by atoms with Gasteiger partial charge in [0.15, 0.2) is 0 Å². The molecule has 0 atom stereocenters. The highest BCUT2D eigenvalue weighted by Crippen LogP contribution is 2.33. The quantitative estimate of drug-likeness (QED) is 0.560. The number of halogens is 2. The van der Waals surface area contributed by atoms with E-state index in [4.69, 9.17) is 5.73 Å². The number of nitrogens with one attached hydrogen (secondary N) is 1. The van der Waals surface area contributed by atoms with Crippen LogP contribution in [0.2, 0.25) is 0 Å². The summed E-state index contributed by atoms with van der Waals surface area (Å²) in [5, 5.41) is 4.35. The number of hydrogen-bond donors (Lipinski definition) is 2. The molecule has 106 valence electrons. The molecule has 3 N–H and O–H groups in total. The topological polar surface area (TPSA) is 50.9 Å². The van der Waals surface area contributed by atoms with E-state index >= 15 is 0 Å². The van der Waals surface area contributed by atoms with E-state index in [2.05, 4.69) is 55.2 Å². The highest BCUT2D eigenvalue weighted by molar-refractivity contribution is 9.11. The summed E-state index contributed by atoms with van der Waals surface area (Å²) in [5.74, 6) is 0. The third-order valence-corrected chi connectivity index (χ3v) is 4.80. The van der Waals surface area contributed by atoms with E-state index in [1.807, 2.05) is 30.3 Å². The van der Waals surface area contributed by atoms with Crippen LogP contribution in [0.15, 0.2) is 51.5 Å². The fourth-order valence-electron chi connectivity index (χ4n) is 2.21. The Bertz CT molecular complexity index is 831. The Morgan fingerprint density at radius 2 is 1.90 bits per heavy atom. The van der Waals surface area contributed by atoms with Gasteiger partial charge >= 0.3 is 0 Å². The van der Waals surface area contributed by atoms with Gasteiger partial charge in [-0.25, -0.2) is 0 Å². The molecule has 0 bridgehead atoms. The molecule has 5 heteroatoms. The number of nitrogens with two attached hydrogens (primary N) is 1. The largest absolute Gasteiger partial charge is 0.398 e. The molecule has 2 aromatic carbocycles. The predicted molar refractivity (Wildman–Crippen MR) is 96.0 cm³/mol. The van der Waals surface area contributed by atoms with Gasteiger partial charge in [0.05, 0.1) is 16.9 Å². The summed E-state index contributed by atoms with van der Waals surface area (Å²) in [5.41, 5.74) is 10.7. The van der Waals surface area contributed by atoms with E-state index in [0.29, 0.717) is 5.69 Å². The Balaban J connectivity index is 2.13. The van der Waals surface area contributed by atoms with E-state index in [1.165, 1.54) is 5.56 Å². The molecule has 21 heavy (non-hydrogen) atoms. The fraction of sp³-hybridized carbons (Fsp3) is 0.0625. The Morgan fingerprint density at radius 1 is 1.10 bits per heavy atom. The number of fused-ring (bicyclic) bond motifs is 1. The van der Waals surface area contributed by atoms with E-state index in [-0.39, 0.29) is 0 Å². The molecule has 3 nitrogen and oxygen atoms in total. The van der Waals surface area contributed by atoms with Crippen molar-refractivity contribution in [2.75, 3.05) is 11.1 Å². The van der Waals surface area contributed by atoms with Crippen LogP contribution in [0, 0.1) is 6.92 Å². The maximum Gasteiger partial charge on any atom is 0.0958 e. The van der Waals surface area contributed by atoms with Crippen molar-refractivity contribution in [2.45, 2.75) is 6.92 Å². The minimum atomic E-state index is 0.715. The molecule has 0 aliphatic rings. The van der Waals surface area contributed by atoms with Gasteiger partial charge in [-0.3, -0.25) is 4.98 Å². The third-order valence-electron chi connectivity index (χ3n) is 3.31. The summed E-state index contributed by atoms with van der Waals surface area (Å²) in [6.07, 6.45) is 1.78. The standard InChI is InChI=1S/C16H13Br2N3/c1-9-3-2-4-13(15(9)18)21-14-6-5-12(19)11-7-10(17)8-20-16(11)14/h2-8,21H,19H2,1H3. The summed E-state index contributed by atoms with van der Waals surface area (Å²) in [6.45, 7) is 2.06. The van der Waals surface area contributed by atoms with Crippen LogP contribution < -0.4 is 11.1 Å². The Hall–Kier alpha value is -1.59. The first-order chi connectivity index (χ1) is 10.1. The van der Waals surface area contributed by atoms with E-state index in [0.717, 1.165) is 31.2 Å². The summed E-state index contributed by atoms with van der Waals surface area (Å²) >= 11 is 7.05. The summed E-state index contributed by atoms with van der Waals surface area (Å²) in [6, 6.07) is 11.9. The van der Waals surface area contributed by atoms with Crippen LogP contribution in [0.25, 0.3) is 10.9 Å². The molecule has 0 unspecified atom stereocenters. The zero-order valence-corrected chi connectivity index (χ0v) is 14.5. The van der Waals surface area contributed by atoms with Crippen molar-refractivity contribution in [3.05, 3.63) is 57.1 Å². The van der Waals surface area contributed by atoms with E-state index in [1.54, 1.807) is 6.20 Å². The van der Waals surface area contributed by atoms with Crippen molar-refractivity contribution < 1.29 is 0 Å². The number of nitrogen functional groups attached to an aromatic ring is 1. The summed E-state index contributed by atoms with van der Waals surface area (Å²) in [7, 11) is 0. The monoisotopic (exact) mass is 405 g/mol. The van der Waals surface area contributed by atoms with Crippen molar-refractivity contribution in [2.24, 2.45) is 0 Å². The number of aryl methyl sites for hydroxylation is 1.